The van der Waals surface area contributed by atoms with Gasteiger partial charge in [0.2, 0.25) is 0 Å². The quantitative estimate of drug-likeness (QED) is 0.813. The molecule has 0 N–H and O–H groups in total. The maximum absolute atomic E-state index is 3.49. The molecule has 0 amide bonds. The Morgan fingerprint density at radius 2 is 2.00 bits per heavy atom. The van der Waals surface area contributed by atoms with E-state index >= 15 is 0 Å². The van der Waals surface area contributed by atoms with Crippen molar-refractivity contribution >= 4 is 15.9 Å². The average Bonchev–Trinajstić information content (AvgIpc) is 2.66. The van der Waals surface area contributed by atoms with Gasteiger partial charge in [-0.1, -0.05) is 41.9 Å². The second-order valence-electron chi connectivity index (χ2n) is 5.19. The Morgan fingerprint density at radius 1 is 1.31 bits per heavy atom. The molecular weight excluding hydrogens is 262 g/mol. The molecule has 1 aliphatic heterocycles. The van der Waals surface area contributed by atoms with Gasteiger partial charge in [0.05, 0.1) is 0 Å². The zero-order chi connectivity index (χ0) is 11.5. The minimum Gasteiger partial charge on any atom is -0.302 e. The first-order valence-corrected chi connectivity index (χ1v) is 6.92. The van der Waals surface area contributed by atoms with Crippen molar-refractivity contribution in [1.29, 1.82) is 0 Å². The van der Waals surface area contributed by atoms with E-state index in [1.54, 1.807) is 0 Å². The van der Waals surface area contributed by atoms with Crippen LogP contribution in [0, 0.1) is 5.92 Å². The molecule has 0 saturated carbocycles. The molecule has 1 atom stereocenters. The van der Waals surface area contributed by atoms with Crippen LogP contribution in [0.2, 0.25) is 0 Å². The van der Waals surface area contributed by atoms with Crippen molar-refractivity contribution in [3.8, 4) is 0 Å². The van der Waals surface area contributed by atoms with Crippen LogP contribution in [0.25, 0.3) is 0 Å². The first-order valence-electron chi connectivity index (χ1n) is 6.13. The van der Waals surface area contributed by atoms with Gasteiger partial charge in [-0.05, 0) is 42.5 Å². The Morgan fingerprint density at radius 3 is 2.62 bits per heavy atom. The predicted octanol–water partition coefficient (Wildman–Crippen LogP) is 3.89. The van der Waals surface area contributed by atoms with E-state index in [2.05, 4.69) is 58.9 Å². The number of benzene rings is 1. The SMILES string of the molecule is CC(C)CN1CCC(c2ccc(Br)cc2)C1. The highest BCUT2D eigenvalue weighted by molar-refractivity contribution is 9.10. The lowest BCUT2D eigenvalue weighted by Gasteiger charge is -2.18. The molecule has 1 nitrogen and oxygen atoms in total. The van der Waals surface area contributed by atoms with Gasteiger partial charge in [0.15, 0.2) is 0 Å². The molecule has 0 aromatic heterocycles. The van der Waals surface area contributed by atoms with Crippen LogP contribution in [-0.4, -0.2) is 24.5 Å². The third kappa shape index (κ3) is 3.08. The molecule has 0 aliphatic carbocycles. The van der Waals surface area contributed by atoms with Crippen LogP contribution in [-0.2, 0) is 0 Å². The van der Waals surface area contributed by atoms with E-state index in [-0.39, 0.29) is 0 Å². The second-order valence-corrected chi connectivity index (χ2v) is 6.11. The van der Waals surface area contributed by atoms with Gasteiger partial charge in [-0.15, -0.1) is 0 Å². The summed E-state index contributed by atoms with van der Waals surface area (Å²) < 4.78 is 1.17. The maximum Gasteiger partial charge on any atom is 0.0175 e. The lowest BCUT2D eigenvalue weighted by molar-refractivity contribution is 0.295. The average molecular weight is 282 g/mol. The zero-order valence-electron chi connectivity index (χ0n) is 10.1. The van der Waals surface area contributed by atoms with Gasteiger partial charge < -0.3 is 4.90 Å². The maximum atomic E-state index is 3.49. The van der Waals surface area contributed by atoms with Crippen molar-refractivity contribution in [2.24, 2.45) is 5.92 Å². The van der Waals surface area contributed by atoms with Crippen LogP contribution in [0.15, 0.2) is 28.7 Å². The molecule has 2 heteroatoms. The number of rotatable bonds is 3. The first kappa shape index (κ1) is 12.1. The molecule has 0 spiro atoms. The lowest BCUT2D eigenvalue weighted by Crippen LogP contribution is -2.24. The van der Waals surface area contributed by atoms with E-state index in [0.29, 0.717) is 0 Å². The smallest absolute Gasteiger partial charge is 0.0175 e. The highest BCUT2D eigenvalue weighted by atomic mass is 79.9. The Kier molecular flexibility index (Phi) is 4.04. The van der Waals surface area contributed by atoms with Crippen molar-refractivity contribution in [2.45, 2.75) is 26.2 Å². The summed E-state index contributed by atoms with van der Waals surface area (Å²) in [5.41, 5.74) is 1.49. The Bertz CT molecular complexity index is 331. The highest BCUT2D eigenvalue weighted by Gasteiger charge is 2.23. The Hall–Kier alpha value is -0.340. The van der Waals surface area contributed by atoms with Gasteiger partial charge in [-0.2, -0.15) is 0 Å². The fourth-order valence-electron chi connectivity index (χ4n) is 2.52. The van der Waals surface area contributed by atoms with Crippen LogP contribution < -0.4 is 0 Å². The number of halogens is 1. The third-order valence-electron chi connectivity index (χ3n) is 3.24. The van der Waals surface area contributed by atoms with Crippen LogP contribution in [0.4, 0.5) is 0 Å². The van der Waals surface area contributed by atoms with E-state index in [0.717, 1.165) is 11.8 Å². The van der Waals surface area contributed by atoms with Crippen LogP contribution in [0.3, 0.4) is 0 Å². The molecule has 1 unspecified atom stereocenters. The van der Waals surface area contributed by atoms with Gasteiger partial charge in [0, 0.05) is 17.6 Å². The van der Waals surface area contributed by atoms with Gasteiger partial charge in [0.1, 0.15) is 0 Å². The van der Waals surface area contributed by atoms with E-state index in [1.165, 1.54) is 36.1 Å². The molecule has 0 radical (unpaired) electrons. The molecular formula is C14H20BrN. The number of likely N-dealkylation sites (tertiary alicyclic amines) is 1. The van der Waals surface area contributed by atoms with Crippen molar-refractivity contribution in [3.63, 3.8) is 0 Å². The fourth-order valence-corrected chi connectivity index (χ4v) is 2.79. The molecule has 0 bridgehead atoms. The van der Waals surface area contributed by atoms with Gasteiger partial charge in [-0.3, -0.25) is 0 Å². The summed E-state index contributed by atoms with van der Waals surface area (Å²) in [6.45, 7) is 8.34. The van der Waals surface area contributed by atoms with Gasteiger partial charge in [0.25, 0.3) is 0 Å². The van der Waals surface area contributed by atoms with E-state index in [1.807, 2.05) is 0 Å². The molecule has 1 aromatic carbocycles. The first-order chi connectivity index (χ1) is 7.65. The van der Waals surface area contributed by atoms with Crippen molar-refractivity contribution < 1.29 is 0 Å². The van der Waals surface area contributed by atoms with Crippen molar-refractivity contribution in [3.05, 3.63) is 34.3 Å². The molecule has 1 saturated heterocycles. The minimum absolute atomic E-state index is 0.742. The zero-order valence-corrected chi connectivity index (χ0v) is 11.7. The third-order valence-corrected chi connectivity index (χ3v) is 3.77. The molecule has 1 aromatic rings. The topological polar surface area (TPSA) is 3.24 Å². The summed E-state index contributed by atoms with van der Waals surface area (Å²) in [5, 5.41) is 0. The number of hydrogen-bond donors (Lipinski definition) is 0. The second kappa shape index (κ2) is 5.33. The van der Waals surface area contributed by atoms with E-state index < -0.39 is 0 Å². The monoisotopic (exact) mass is 281 g/mol. The summed E-state index contributed by atoms with van der Waals surface area (Å²) in [4.78, 5) is 2.59. The summed E-state index contributed by atoms with van der Waals surface area (Å²) >= 11 is 3.49. The summed E-state index contributed by atoms with van der Waals surface area (Å²) in [6.07, 6.45) is 1.31. The number of nitrogens with zero attached hydrogens (tertiary/aromatic N) is 1. The van der Waals surface area contributed by atoms with Crippen molar-refractivity contribution in [2.75, 3.05) is 19.6 Å². The van der Waals surface area contributed by atoms with Crippen LogP contribution in [0.5, 0.6) is 0 Å². The molecule has 2 rings (SSSR count). The normalized spacial score (nSPS) is 21.9. The minimum atomic E-state index is 0.742. The molecule has 16 heavy (non-hydrogen) atoms. The van der Waals surface area contributed by atoms with E-state index in [4.69, 9.17) is 0 Å². The van der Waals surface area contributed by atoms with Gasteiger partial charge in [-0.25, -0.2) is 0 Å². The Labute approximate surface area is 107 Å². The van der Waals surface area contributed by atoms with Crippen molar-refractivity contribution in [1.82, 2.24) is 4.90 Å². The molecule has 1 fully saturated rings. The standard InChI is InChI=1S/C14H20BrN/c1-11(2)9-16-8-7-13(10-16)12-3-5-14(15)6-4-12/h3-6,11,13H,7-10H2,1-2H3. The van der Waals surface area contributed by atoms with Crippen LogP contribution in [0.1, 0.15) is 31.7 Å². The summed E-state index contributed by atoms with van der Waals surface area (Å²) in [6, 6.07) is 8.82. The van der Waals surface area contributed by atoms with Crippen LogP contribution >= 0.6 is 15.9 Å². The number of hydrogen-bond acceptors (Lipinski definition) is 1. The summed E-state index contributed by atoms with van der Waals surface area (Å²) in [7, 11) is 0. The Balaban J connectivity index is 1.95. The molecule has 1 aliphatic rings. The predicted molar refractivity (Wildman–Crippen MR) is 72.8 cm³/mol. The largest absolute Gasteiger partial charge is 0.302 e. The summed E-state index contributed by atoms with van der Waals surface area (Å²) in [5.74, 6) is 1.52. The fraction of sp³-hybridized carbons (Fsp3) is 0.571. The lowest BCUT2D eigenvalue weighted by atomic mass is 9.99. The molecule has 88 valence electrons. The van der Waals surface area contributed by atoms with E-state index in [9.17, 15) is 0 Å². The molecule has 1 heterocycles. The van der Waals surface area contributed by atoms with Gasteiger partial charge >= 0.3 is 0 Å². The highest BCUT2D eigenvalue weighted by Crippen LogP contribution is 2.28.